The van der Waals surface area contributed by atoms with Gasteiger partial charge in [-0.15, -0.1) is 0 Å². The Labute approximate surface area is 111 Å². The summed E-state index contributed by atoms with van der Waals surface area (Å²) in [6, 6.07) is 1.63. The highest BCUT2D eigenvalue weighted by Gasteiger charge is 2.16. The second-order valence-corrected chi connectivity index (χ2v) is 4.17. The molecule has 0 fully saturated rings. The summed E-state index contributed by atoms with van der Waals surface area (Å²) in [6.45, 7) is -1.63. The van der Waals surface area contributed by atoms with Crippen LogP contribution in [-0.2, 0) is 4.79 Å². The minimum absolute atomic E-state index is 0.136. The fourth-order valence-electron chi connectivity index (χ4n) is 1.16. The average molecular weight is 300 g/mol. The van der Waals surface area contributed by atoms with Crippen molar-refractivity contribution in [3.05, 3.63) is 22.2 Å². The summed E-state index contributed by atoms with van der Waals surface area (Å²) in [5.74, 6) is -1.42. The van der Waals surface area contributed by atoms with E-state index in [0.29, 0.717) is 5.69 Å². The molecule has 8 heteroatoms. The number of carboxylic acid groups (broad SMARTS) is 1. The second-order valence-electron chi connectivity index (χ2n) is 3.35. The molecule has 1 unspecified atom stereocenters. The standard InChI is InChI=1S/C10H9Cl2F2NO3/c1-4(9(16)17)15-5-2-6(11)8(7(12)3-5)18-10(13)14/h2-4,10,15H,1H3,(H,16,17). The minimum atomic E-state index is -3.04. The molecule has 0 amide bonds. The number of hydrogen-bond donors (Lipinski definition) is 2. The van der Waals surface area contributed by atoms with Crippen molar-refractivity contribution < 1.29 is 23.4 Å². The molecule has 0 aliphatic heterocycles. The third-order valence-electron chi connectivity index (χ3n) is 1.96. The lowest BCUT2D eigenvalue weighted by Gasteiger charge is -2.14. The number of hydrogen-bond acceptors (Lipinski definition) is 3. The van der Waals surface area contributed by atoms with Crippen molar-refractivity contribution in [1.82, 2.24) is 0 Å². The third-order valence-corrected chi connectivity index (χ3v) is 2.52. The maximum atomic E-state index is 12.1. The first-order chi connectivity index (χ1) is 8.31. The highest BCUT2D eigenvalue weighted by molar-refractivity contribution is 6.37. The van der Waals surface area contributed by atoms with Crippen molar-refractivity contribution in [2.75, 3.05) is 5.32 Å². The van der Waals surface area contributed by atoms with Gasteiger partial charge in [-0.2, -0.15) is 8.78 Å². The van der Waals surface area contributed by atoms with Crippen LogP contribution in [0.5, 0.6) is 5.75 Å². The number of anilines is 1. The van der Waals surface area contributed by atoms with Gasteiger partial charge in [0.25, 0.3) is 0 Å². The lowest BCUT2D eigenvalue weighted by molar-refractivity contribution is -0.137. The van der Waals surface area contributed by atoms with Gasteiger partial charge < -0.3 is 15.2 Å². The van der Waals surface area contributed by atoms with E-state index in [-0.39, 0.29) is 15.8 Å². The topological polar surface area (TPSA) is 58.6 Å². The van der Waals surface area contributed by atoms with E-state index < -0.39 is 18.6 Å². The fourth-order valence-corrected chi connectivity index (χ4v) is 1.73. The van der Waals surface area contributed by atoms with Gasteiger partial charge in [-0.3, -0.25) is 4.79 Å². The maximum Gasteiger partial charge on any atom is 0.387 e. The predicted molar refractivity (Wildman–Crippen MR) is 63.8 cm³/mol. The Bertz CT molecular complexity index is 434. The molecule has 1 atom stereocenters. The minimum Gasteiger partial charge on any atom is -0.480 e. The first kappa shape index (κ1) is 14.8. The zero-order valence-electron chi connectivity index (χ0n) is 9.08. The van der Waals surface area contributed by atoms with E-state index in [1.165, 1.54) is 19.1 Å². The molecule has 0 saturated heterocycles. The maximum absolute atomic E-state index is 12.1. The number of nitrogens with one attached hydrogen (secondary N) is 1. The van der Waals surface area contributed by atoms with Crippen LogP contribution in [0.25, 0.3) is 0 Å². The monoisotopic (exact) mass is 299 g/mol. The van der Waals surface area contributed by atoms with Crippen LogP contribution in [0, 0.1) is 0 Å². The summed E-state index contributed by atoms with van der Waals surface area (Å²) in [4.78, 5) is 10.6. The number of alkyl halides is 2. The van der Waals surface area contributed by atoms with Crippen LogP contribution in [0.3, 0.4) is 0 Å². The van der Waals surface area contributed by atoms with Crippen molar-refractivity contribution in [3.8, 4) is 5.75 Å². The Kier molecular flexibility index (Phi) is 4.98. The molecule has 0 bridgehead atoms. The molecule has 0 heterocycles. The summed E-state index contributed by atoms with van der Waals surface area (Å²) in [5.41, 5.74) is 0.293. The van der Waals surface area contributed by atoms with Gasteiger partial charge in [0.2, 0.25) is 0 Å². The van der Waals surface area contributed by atoms with Gasteiger partial charge in [-0.1, -0.05) is 23.2 Å². The van der Waals surface area contributed by atoms with Crippen molar-refractivity contribution in [3.63, 3.8) is 0 Å². The number of benzene rings is 1. The van der Waals surface area contributed by atoms with E-state index in [9.17, 15) is 13.6 Å². The zero-order valence-corrected chi connectivity index (χ0v) is 10.6. The first-order valence-corrected chi connectivity index (χ1v) is 5.50. The lowest BCUT2D eigenvalue weighted by Crippen LogP contribution is -2.25. The summed E-state index contributed by atoms with van der Waals surface area (Å²) in [5, 5.41) is 11.0. The van der Waals surface area contributed by atoms with Gasteiger partial charge in [-0.05, 0) is 19.1 Å². The molecule has 0 aliphatic carbocycles. The molecule has 1 rings (SSSR count). The smallest absolute Gasteiger partial charge is 0.387 e. The highest BCUT2D eigenvalue weighted by atomic mass is 35.5. The number of halogens is 4. The van der Waals surface area contributed by atoms with E-state index in [1.54, 1.807) is 0 Å². The summed E-state index contributed by atoms with van der Waals surface area (Å²) >= 11 is 11.4. The molecule has 0 spiro atoms. The van der Waals surface area contributed by atoms with Crippen LogP contribution in [0.2, 0.25) is 10.0 Å². The average Bonchev–Trinajstić information content (AvgIpc) is 2.23. The second kappa shape index (κ2) is 6.06. The number of ether oxygens (including phenoxy) is 1. The van der Waals surface area contributed by atoms with Gasteiger partial charge in [0.15, 0.2) is 5.75 Å². The Morgan fingerprint density at radius 3 is 2.28 bits per heavy atom. The molecular formula is C10H9Cl2F2NO3. The zero-order chi connectivity index (χ0) is 13.9. The first-order valence-electron chi connectivity index (χ1n) is 4.74. The SMILES string of the molecule is CC(Nc1cc(Cl)c(OC(F)F)c(Cl)c1)C(=O)O. The van der Waals surface area contributed by atoms with Crippen LogP contribution in [0.1, 0.15) is 6.92 Å². The van der Waals surface area contributed by atoms with Gasteiger partial charge >= 0.3 is 12.6 Å². The molecular weight excluding hydrogens is 291 g/mol. The van der Waals surface area contributed by atoms with Gasteiger partial charge in [0.05, 0.1) is 10.0 Å². The Hall–Kier alpha value is -1.27. The largest absolute Gasteiger partial charge is 0.480 e. The van der Waals surface area contributed by atoms with E-state index in [2.05, 4.69) is 10.1 Å². The molecule has 1 aromatic carbocycles. The molecule has 18 heavy (non-hydrogen) atoms. The quantitative estimate of drug-likeness (QED) is 0.874. The highest BCUT2D eigenvalue weighted by Crippen LogP contribution is 2.37. The van der Waals surface area contributed by atoms with Crippen LogP contribution >= 0.6 is 23.2 Å². The van der Waals surface area contributed by atoms with E-state index in [0.717, 1.165) is 0 Å². The molecule has 0 aliphatic rings. The number of rotatable bonds is 5. The Morgan fingerprint density at radius 2 is 1.89 bits per heavy atom. The number of carboxylic acids is 1. The van der Waals surface area contributed by atoms with Crippen molar-refractivity contribution in [1.29, 1.82) is 0 Å². The van der Waals surface area contributed by atoms with Gasteiger partial charge in [-0.25, -0.2) is 0 Å². The summed E-state index contributed by atoms with van der Waals surface area (Å²) < 4.78 is 28.3. The predicted octanol–water partition coefficient (Wildman–Crippen LogP) is 3.48. The number of carbonyl (C=O) groups is 1. The fraction of sp³-hybridized carbons (Fsp3) is 0.300. The Balaban J connectivity index is 2.95. The summed E-state index contributed by atoms with van der Waals surface area (Å²) in [7, 11) is 0. The van der Waals surface area contributed by atoms with Crippen molar-refractivity contribution in [2.24, 2.45) is 0 Å². The molecule has 0 saturated carbocycles. The van der Waals surface area contributed by atoms with Gasteiger partial charge in [0.1, 0.15) is 6.04 Å². The normalized spacial score (nSPS) is 12.3. The third kappa shape index (κ3) is 3.89. The van der Waals surface area contributed by atoms with Gasteiger partial charge in [0, 0.05) is 5.69 Å². The van der Waals surface area contributed by atoms with Crippen molar-refractivity contribution >= 4 is 34.9 Å². The molecule has 1 aromatic rings. The van der Waals surface area contributed by atoms with Crippen LogP contribution in [0.4, 0.5) is 14.5 Å². The molecule has 4 nitrogen and oxygen atoms in total. The molecule has 0 aromatic heterocycles. The van der Waals surface area contributed by atoms with Crippen LogP contribution < -0.4 is 10.1 Å². The summed E-state index contributed by atoms with van der Waals surface area (Å²) in [6.07, 6.45) is 0. The van der Waals surface area contributed by atoms with E-state index in [1.807, 2.05) is 0 Å². The molecule has 2 N–H and O–H groups in total. The van der Waals surface area contributed by atoms with E-state index in [4.69, 9.17) is 28.3 Å². The molecule has 100 valence electrons. The van der Waals surface area contributed by atoms with E-state index >= 15 is 0 Å². The van der Waals surface area contributed by atoms with Crippen molar-refractivity contribution in [2.45, 2.75) is 19.6 Å². The lowest BCUT2D eigenvalue weighted by atomic mass is 10.2. The van der Waals surface area contributed by atoms with Crippen LogP contribution in [-0.4, -0.2) is 23.7 Å². The molecule has 0 radical (unpaired) electrons. The number of aliphatic carboxylic acids is 1. The Morgan fingerprint density at radius 1 is 1.39 bits per heavy atom. The van der Waals surface area contributed by atoms with Crippen LogP contribution in [0.15, 0.2) is 12.1 Å².